The minimum atomic E-state index is -0.399. The molecule has 1 aromatic heterocycles. The molecule has 0 aliphatic rings. The van der Waals surface area contributed by atoms with Crippen LogP contribution in [0.1, 0.15) is 39.4 Å². The van der Waals surface area contributed by atoms with Gasteiger partial charge in [0.15, 0.2) is 0 Å². The first kappa shape index (κ1) is 14.7. The smallest absolute Gasteiger partial charge is 0.237 e. The fraction of sp³-hybridized carbons (Fsp3) is 0.583. The Hall–Kier alpha value is -1.36. The number of nitrogens with zero attached hydrogens (tertiary/aromatic N) is 3. The predicted octanol–water partition coefficient (Wildman–Crippen LogP) is 1.95. The third-order valence-corrected chi connectivity index (χ3v) is 2.65. The molecule has 1 rings (SSSR count). The molecule has 2 N–H and O–H groups in total. The molecular weight excluding hydrogens is 252 g/mol. The Morgan fingerprint density at radius 1 is 1.39 bits per heavy atom. The lowest BCUT2D eigenvalue weighted by Gasteiger charge is -2.27. The summed E-state index contributed by atoms with van der Waals surface area (Å²) in [6.45, 7) is 8.02. The van der Waals surface area contributed by atoms with E-state index in [9.17, 15) is 4.79 Å². The lowest BCUT2D eigenvalue weighted by Crippen LogP contribution is -2.39. The van der Waals surface area contributed by atoms with Crippen LogP contribution in [0.2, 0.25) is 5.15 Å². The van der Waals surface area contributed by atoms with Crippen LogP contribution in [0.5, 0.6) is 0 Å². The number of anilines is 1. The Morgan fingerprint density at radius 2 is 2.00 bits per heavy atom. The molecular formula is C12H19ClN4O. The van der Waals surface area contributed by atoms with Gasteiger partial charge in [-0.2, -0.15) is 0 Å². The molecule has 0 saturated heterocycles. The maximum absolute atomic E-state index is 11.1. The van der Waals surface area contributed by atoms with Crippen molar-refractivity contribution in [3.63, 3.8) is 0 Å². The molecule has 5 nitrogen and oxygen atoms in total. The molecule has 0 radical (unpaired) electrons. The lowest BCUT2D eigenvalue weighted by atomic mass is 10.2. The van der Waals surface area contributed by atoms with Crippen LogP contribution in [-0.2, 0) is 4.79 Å². The first-order valence-corrected chi connectivity index (χ1v) is 6.28. The van der Waals surface area contributed by atoms with Crippen LogP contribution in [0.3, 0.4) is 0 Å². The van der Waals surface area contributed by atoms with Crippen molar-refractivity contribution in [3.05, 3.63) is 17.0 Å². The number of hydrogen-bond donors (Lipinski definition) is 1. The van der Waals surface area contributed by atoms with Crippen LogP contribution < -0.4 is 10.6 Å². The van der Waals surface area contributed by atoms with E-state index >= 15 is 0 Å². The number of nitrogens with two attached hydrogens (primary N) is 1. The Balaban J connectivity index is 3.15. The average molecular weight is 271 g/mol. The molecule has 0 aromatic carbocycles. The summed E-state index contributed by atoms with van der Waals surface area (Å²) < 4.78 is 0. The molecule has 0 saturated carbocycles. The van der Waals surface area contributed by atoms with Crippen LogP contribution >= 0.6 is 11.6 Å². The molecule has 0 spiro atoms. The first-order chi connectivity index (χ1) is 8.31. The van der Waals surface area contributed by atoms with E-state index in [2.05, 4.69) is 9.97 Å². The Labute approximate surface area is 112 Å². The number of amides is 1. The van der Waals surface area contributed by atoms with Gasteiger partial charge >= 0.3 is 0 Å². The zero-order valence-electron chi connectivity index (χ0n) is 11.1. The second-order valence-electron chi connectivity index (χ2n) is 4.75. The van der Waals surface area contributed by atoms with Crippen LogP contribution in [0.4, 0.5) is 5.82 Å². The van der Waals surface area contributed by atoms with E-state index in [4.69, 9.17) is 17.3 Å². The molecule has 1 heterocycles. The second kappa shape index (κ2) is 6.00. The number of rotatable bonds is 5. The summed E-state index contributed by atoms with van der Waals surface area (Å²) in [5, 5.41) is 0.374. The molecule has 1 amide bonds. The van der Waals surface area contributed by atoms with Crippen molar-refractivity contribution in [1.29, 1.82) is 0 Å². The van der Waals surface area contributed by atoms with Crippen LogP contribution in [-0.4, -0.2) is 28.5 Å². The minimum absolute atomic E-state index is 0.100. The number of primary amides is 1. The fourth-order valence-electron chi connectivity index (χ4n) is 1.52. The SMILES string of the molecule is CC(C)c1nc(Cl)cc(N(CC(N)=O)C(C)C)n1. The highest BCUT2D eigenvalue weighted by Crippen LogP contribution is 2.21. The minimum Gasteiger partial charge on any atom is -0.368 e. The highest BCUT2D eigenvalue weighted by Gasteiger charge is 2.17. The summed E-state index contributed by atoms with van der Waals surface area (Å²) in [5.74, 6) is 1.06. The average Bonchev–Trinajstić information content (AvgIpc) is 2.24. The lowest BCUT2D eigenvalue weighted by molar-refractivity contribution is -0.116. The van der Waals surface area contributed by atoms with Crippen molar-refractivity contribution in [1.82, 2.24) is 9.97 Å². The van der Waals surface area contributed by atoms with Crippen molar-refractivity contribution < 1.29 is 4.79 Å². The summed E-state index contributed by atoms with van der Waals surface area (Å²) in [7, 11) is 0. The molecule has 1 aromatic rings. The maximum atomic E-state index is 11.1. The van der Waals surface area contributed by atoms with Gasteiger partial charge in [0.05, 0.1) is 6.54 Å². The molecule has 0 aliphatic heterocycles. The van der Waals surface area contributed by atoms with E-state index in [0.717, 1.165) is 0 Å². The summed E-state index contributed by atoms with van der Waals surface area (Å²) >= 11 is 5.99. The third-order valence-electron chi connectivity index (χ3n) is 2.46. The quantitative estimate of drug-likeness (QED) is 0.830. The van der Waals surface area contributed by atoms with Gasteiger partial charge in [0.1, 0.15) is 16.8 Å². The zero-order chi connectivity index (χ0) is 13.9. The fourth-order valence-corrected chi connectivity index (χ4v) is 1.71. The largest absolute Gasteiger partial charge is 0.368 e. The van der Waals surface area contributed by atoms with Gasteiger partial charge in [0.25, 0.3) is 0 Å². The monoisotopic (exact) mass is 270 g/mol. The molecule has 0 fully saturated rings. The zero-order valence-corrected chi connectivity index (χ0v) is 11.9. The van der Waals surface area contributed by atoms with Gasteiger partial charge in [0.2, 0.25) is 5.91 Å². The Kier molecular flexibility index (Phi) is 4.90. The summed E-state index contributed by atoms with van der Waals surface area (Å²) in [6.07, 6.45) is 0. The number of carbonyl (C=O) groups is 1. The molecule has 0 aliphatic carbocycles. The summed E-state index contributed by atoms with van der Waals surface area (Å²) in [5.41, 5.74) is 5.25. The van der Waals surface area contributed by atoms with Gasteiger partial charge in [-0.3, -0.25) is 4.79 Å². The van der Waals surface area contributed by atoms with Crippen molar-refractivity contribution in [3.8, 4) is 0 Å². The van der Waals surface area contributed by atoms with Crippen LogP contribution in [0.15, 0.2) is 6.07 Å². The standard InChI is InChI=1S/C12H19ClN4O/c1-7(2)12-15-9(13)5-11(16-12)17(8(3)4)6-10(14)18/h5,7-8H,6H2,1-4H3,(H2,14,18). The van der Waals surface area contributed by atoms with Crippen molar-refractivity contribution in [2.45, 2.75) is 39.7 Å². The molecule has 6 heteroatoms. The normalized spacial score (nSPS) is 11.1. The number of halogens is 1. The maximum Gasteiger partial charge on any atom is 0.237 e. The van der Waals surface area contributed by atoms with Gasteiger partial charge in [0, 0.05) is 18.0 Å². The van der Waals surface area contributed by atoms with E-state index in [1.54, 1.807) is 6.07 Å². The number of aromatic nitrogens is 2. The van der Waals surface area contributed by atoms with Crippen molar-refractivity contribution in [2.24, 2.45) is 5.73 Å². The molecule has 100 valence electrons. The van der Waals surface area contributed by atoms with Crippen molar-refractivity contribution >= 4 is 23.3 Å². The molecule has 0 bridgehead atoms. The van der Waals surface area contributed by atoms with Gasteiger partial charge in [-0.05, 0) is 13.8 Å². The van der Waals surface area contributed by atoms with Gasteiger partial charge in [-0.15, -0.1) is 0 Å². The van der Waals surface area contributed by atoms with E-state index in [0.29, 0.717) is 16.8 Å². The van der Waals surface area contributed by atoms with Crippen LogP contribution in [0.25, 0.3) is 0 Å². The van der Waals surface area contributed by atoms with Gasteiger partial charge in [-0.1, -0.05) is 25.4 Å². The second-order valence-corrected chi connectivity index (χ2v) is 5.14. The molecule has 18 heavy (non-hydrogen) atoms. The van der Waals surface area contributed by atoms with Crippen molar-refractivity contribution in [2.75, 3.05) is 11.4 Å². The van der Waals surface area contributed by atoms with E-state index in [-0.39, 0.29) is 18.5 Å². The van der Waals surface area contributed by atoms with E-state index in [1.165, 1.54) is 0 Å². The van der Waals surface area contributed by atoms with E-state index < -0.39 is 5.91 Å². The highest BCUT2D eigenvalue weighted by atomic mass is 35.5. The molecule has 0 unspecified atom stereocenters. The Bertz CT molecular complexity index is 434. The Morgan fingerprint density at radius 3 is 2.44 bits per heavy atom. The van der Waals surface area contributed by atoms with Gasteiger partial charge < -0.3 is 10.6 Å². The number of hydrogen-bond acceptors (Lipinski definition) is 4. The molecule has 0 atom stereocenters. The van der Waals surface area contributed by atoms with Crippen LogP contribution in [0, 0.1) is 0 Å². The number of carbonyl (C=O) groups excluding carboxylic acids is 1. The third kappa shape index (κ3) is 3.84. The summed E-state index contributed by atoms with van der Waals surface area (Å²) in [6, 6.07) is 1.75. The predicted molar refractivity (Wildman–Crippen MR) is 72.8 cm³/mol. The van der Waals surface area contributed by atoms with E-state index in [1.807, 2.05) is 32.6 Å². The highest BCUT2D eigenvalue weighted by molar-refractivity contribution is 6.29. The summed E-state index contributed by atoms with van der Waals surface area (Å²) in [4.78, 5) is 21.5. The van der Waals surface area contributed by atoms with Gasteiger partial charge in [-0.25, -0.2) is 9.97 Å². The topological polar surface area (TPSA) is 72.1 Å². The first-order valence-electron chi connectivity index (χ1n) is 5.90.